The molecule has 1 N–H and O–H groups in total. The molecule has 1 heterocycles. The van der Waals surface area contributed by atoms with Gasteiger partial charge in [0, 0.05) is 18.6 Å². The maximum atomic E-state index is 12.6. The fraction of sp³-hybridized carbons (Fsp3) is 0.950. The first-order valence-electron chi connectivity index (χ1n) is 10.2. The van der Waals surface area contributed by atoms with Crippen molar-refractivity contribution in [1.29, 1.82) is 0 Å². The van der Waals surface area contributed by atoms with Gasteiger partial charge in [-0.2, -0.15) is 0 Å². The number of nitrogens with zero attached hydrogens (tertiary/aromatic N) is 1. The summed E-state index contributed by atoms with van der Waals surface area (Å²) in [4.78, 5) is 14.6. The number of amides is 1. The summed E-state index contributed by atoms with van der Waals surface area (Å²) >= 11 is 0. The molecule has 0 aromatic rings. The molecule has 2 rings (SSSR count). The summed E-state index contributed by atoms with van der Waals surface area (Å²) in [6.07, 6.45) is 11.2. The summed E-state index contributed by atoms with van der Waals surface area (Å²) in [6, 6.07) is 0.954. The third kappa shape index (κ3) is 5.65. The Morgan fingerprint density at radius 1 is 1.12 bits per heavy atom. The van der Waals surface area contributed by atoms with Crippen molar-refractivity contribution in [2.24, 2.45) is 5.92 Å². The molecule has 0 radical (unpaired) electrons. The van der Waals surface area contributed by atoms with Crippen LogP contribution in [0.25, 0.3) is 0 Å². The first-order valence-corrected chi connectivity index (χ1v) is 10.2. The monoisotopic (exact) mass is 338 g/mol. The zero-order chi connectivity index (χ0) is 17.6. The van der Waals surface area contributed by atoms with Crippen LogP contribution in [-0.2, 0) is 4.74 Å². The van der Waals surface area contributed by atoms with Gasteiger partial charge in [0.05, 0.1) is 0 Å². The topological polar surface area (TPSA) is 41.6 Å². The molecule has 1 aliphatic heterocycles. The van der Waals surface area contributed by atoms with E-state index < -0.39 is 5.60 Å². The minimum absolute atomic E-state index is 0.112. The summed E-state index contributed by atoms with van der Waals surface area (Å²) in [5.41, 5.74) is -0.406. The number of hydrogen-bond donors (Lipinski definition) is 1. The van der Waals surface area contributed by atoms with E-state index in [2.05, 4.69) is 12.2 Å². The van der Waals surface area contributed by atoms with Gasteiger partial charge in [-0.05, 0) is 65.3 Å². The van der Waals surface area contributed by atoms with Crippen molar-refractivity contribution in [1.82, 2.24) is 10.2 Å². The van der Waals surface area contributed by atoms with E-state index in [4.69, 9.17) is 4.74 Å². The van der Waals surface area contributed by atoms with E-state index in [9.17, 15) is 4.79 Å². The lowest BCUT2D eigenvalue weighted by atomic mass is 9.92. The van der Waals surface area contributed by atoms with Gasteiger partial charge in [0.25, 0.3) is 0 Å². The second kappa shape index (κ2) is 9.07. The van der Waals surface area contributed by atoms with Gasteiger partial charge in [0.1, 0.15) is 5.60 Å². The first-order chi connectivity index (χ1) is 11.4. The summed E-state index contributed by atoms with van der Waals surface area (Å²) in [5.74, 6) is 0.603. The van der Waals surface area contributed by atoms with Crippen LogP contribution in [0.15, 0.2) is 0 Å². The number of carbonyl (C=O) groups is 1. The van der Waals surface area contributed by atoms with Crippen LogP contribution in [0, 0.1) is 5.92 Å². The first kappa shape index (κ1) is 19.6. The molecule has 3 atom stereocenters. The van der Waals surface area contributed by atoms with Gasteiger partial charge in [-0.15, -0.1) is 0 Å². The molecule has 1 aliphatic carbocycles. The summed E-state index contributed by atoms with van der Waals surface area (Å²) in [7, 11) is 0. The number of ether oxygens (including phenoxy) is 1. The highest BCUT2D eigenvalue weighted by Crippen LogP contribution is 2.36. The molecule has 4 heteroatoms. The van der Waals surface area contributed by atoms with Crippen molar-refractivity contribution in [3.8, 4) is 0 Å². The van der Waals surface area contributed by atoms with Crippen molar-refractivity contribution >= 4 is 6.09 Å². The highest BCUT2D eigenvalue weighted by molar-refractivity contribution is 5.69. The minimum atomic E-state index is -0.406. The Labute approximate surface area is 148 Å². The molecular weight excluding hydrogens is 300 g/mol. The highest BCUT2D eigenvalue weighted by Gasteiger charge is 2.41. The van der Waals surface area contributed by atoms with Gasteiger partial charge in [-0.1, -0.05) is 32.6 Å². The van der Waals surface area contributed by atoms with Crippen LogP contribution in [0.1, 0.15) is 85.5 Å². The molecule has 0 bridgehead atoms. The predicted molar refractivity (Wildman–Crippen MR) is 99.2 cm³/mol. The lowest BCUT2D eigenvalue weighted by Crippen LogP contribution is -2.47. The Morgan fingerprint density at radius 3 is 2.62 bits per heavy atom. The molecule has 2 fully saturated rings. The van der Waals surface area contributed by atoms with Crippen molar-refractivity contribution < 1.29 is 9.53 Å². The number of likely N-dealkylation sites (tertiary alicyclic amines) is 1. The number of rotatable bonds is 7. The molecule has 2 aliphatic rings. The Hall–Kier alpha value is -0.770. The van der Waals surface area contributed by atoms with Crippen LogP contribution in [0.4, 0.5) is 4.79 Å². The Balaban J connectivity index is 1.86. The summed E-state index contributed by atoms with van der Waals surface area (Å²) < 4.78 is 5.64. The van der Waals surface area contributed by atoms with Gasteiger partial charge < -0.3 is 15.0 Å². The number of unbranched alkanes of at least 4 members (excludes halogenated alkanes) is 3. The molecular formula is C20H38N2O2. The maximum Gasteiger partial charge on any atom is 0.410 e. The van der Waals surface area contributed by atoms with Crippen molar-refractivity contribution in [3.63, 3.8) is 0 Å². The van der Waals surface area contributed by atoms with Gasteiger partial charge in [-0.3, -0.25) is 0 Å². The molecule has 0 aromatic heterocycles. The minimum Gasteiger partial charge on any atom is -0.444 e. The SMILES string of the molecule is CCCCCCNC1CCCC1C1CCCN1C(=O)OC(C)(C)C. The Bertz CT molecular complexity index is 392. The van der Waals surface area contributed by atoms with E-state index in [-0.39, 0.29) is 6.09 Å². The quantitative estimate of drug-likeness (QED) is 0.683. The van der Waals surface area contributed by atoms with E-state index in [1.54, 1.807) is 0 Å². The van der Waals surface area contributed by atoms with Crippen LogP contribution in [0.3, 0.4) is 0 Å². The molecule has 1 saturated carbocycles. The lowest BCUT2D eigenvalue weighted by Gasteiger charge is -2.34. The largest absolute Gasteiger partial charge is 0.444 e. The molecule has 3 unspecified atom stereocenters. The van der Waals surface area contributed by atoms with Gasteiger partial charge in [-0.25, -0.2) is 4.79 Å². The van der Waals surface area contributed by atoms with Crippen LogP contribution >= 0.6 is 0 Å². The molecule has 4 nitrogen and oxygen atoms in total. The average molecular weight is 339 g/mol. The van der Waals surface area contributed by atoms with Crippen molar-refractivity contribution in [3.05, 3.63) is 0 Å². The predicted octanol–water partition coefficient (Wildman–Crippen LogP) is 4.72. The van der Waals surface area contributed by atoms with Gasteiger partial charge in [0.15, 0.2) is 0 Å². The van der Waals surface area contributed by atoms with Crippen molar-refractivity contribution in [2.75, 3.05) is 13.1 Å². The Kier molecular flexibility index (Phi) is 7.39. The summed E-state index contributed by atoms with van der Waals surface area (Å²) in [5, 5.41) is 3.80. The number of carbonyl (C=O) groups excluding carboxylic acids is 1. The van der Waals surface area contributed by atoms with E-state index in [0.717, 1.165) is 25.9 Å². The van der Waals surface area contributed by atoms with E-state index in [1.807, 2.05) is 25.7 Å². The third-order valence-corrected chi connectivity index (χ3v) is 5.43. The number of hydrogen-bond acceptors (Lipinski definition) is 3. The molecule has 1 amide bonds. The summed E-state index contributed by atoms with van der Waals surface area (Å²) in [6.45, 7) is 10.1. The number of nitrogens with one attached hydrogen (secondary N) is 1. The normalized spacial score (nSPS) is 27.7. The molecule has 1 saturated heterocycles. The van der Waals surface area contributed by atoms with Crippen LogP contribution < -0.4 is 5.32 Å². The molecule has 24 heavy (non-hydrogen) atoms. The molecule has 140 valence electrons. The van der Waals surface area contributed by atoms with E-state index in [1.165, 1.54) is 44.9 Å². The van der Waals surface area contributed by atoms with Gasteiger partial charge in [0.2, 0.25) is 0 Å². The fourth-order valence-corrected chi connectivity index (χ4v) is 4.33. The van der Waals surface area contributed by atoms with Crippen LogP contribution in [0.5, 0.6) is 0 Å². The second-order valence-corrected chi connectivity index (χ2v) is 8.60. The standard InChI is InChI=1S/C20H38N2O2/c1-5-6-7-8-14-21-17-12-9-11-16(17)18-13-10-15-22(18)19(23)24-20(2,3)4/h16-18,21H,5-15H2,1-4H3. The van der Waals surface area contributed by atoms with E-state index >= 15 is 0 Å². The lowest BCUT2D eigenvalue weighted by molar-refractivity contribution is 0.0167. The van der Waals surface area contributed by atoms with E-state index in [0.29, 0.717) is 18.0 Å². The van der Waals surface area contributed by atoms with Crippen molar-refractivity contribution in [2.45, 2.75) is 103 Å². The zero-order valence-electron chi connectivity index (χ0n) is 16.3. The third-order valence-electron chi connectivity index (χ3n) is 5.43. The van der Waals surface area contributed by atoms with Gasteiger partial charge >= 0.3 is 6.09 Å². The van der Waals surface area contributed by atoms with Crippen LogP contribution in [0.2, 0.25) is 0 Å². The highest BCUT2D eigenvalue weighted by atomic mass is 16.6. The second-order valence-electron chi connectivity index (χ2n) is 8.60. The fourth-order valence-electron chi connectivity index (χ4n) is 4.33. The average Bonchev–Trinajstić information content (AvgIpc) is 3.13. The Morgan fingerprint density at radius 2 is 1.92 bits per heavy atom. The van der Waals surface area contributed by atoms with Crippen LogP contribution in [-0.4, -0.2) is 41.8 Å². The molecule has 0 spiro atoms. The molecule has 0 aromatic carbocycles. The maximum absolute atomic E-state index is 12.6. The smallest absolute Gasteiger partial charge is 0.410 e. The zero-order valence-corrected chi connectivity index (χ0v) is 16.3.